The van der Waals surface area contributed by atoms with Gasteiger partial charge in [-0.2, -0.15) is 5.10 Å². The third-order valence-electron chi connectivity index (χ3n) is 3.66. The van der Waals surface area contributed by atoms with Crippen LogP contribution in [0.5, 0.6) is 0 Å². The topological polar surface area (TPSA) is 28.3 Å². The molecule has 1 N–H and O–H groups in total. The Bertz CT molecular complexity index is 604. The fourth-order valence-electron chi connectivity index (χ4n) is 2.56. The number of hydrogen-bond acceptors (Lipinski definition) is 2. The minimum Gasteiger partial charge on any atom is -0.302 e. The fourth-order valence-corrected chi connectivity index (χ4v) is 2.56. The quantitative estimate of drug-likeness (QED) is 0.506. The van der Waals surface area contributed by atoms with Gasteiger partial charge in [-0.1, -0.05) is 24.3 Å². The predicted octanol–water partition coefficient (Wildman–Crippen LogP) is 2.12. The van der Waals surface area contributed by atoms with Crippen LogP contribution in [-0.4, -0.2) is 6.21 Å². The maximum absolute atomic E-state index is 4.39. The predicted molar refractivity (Wildman–Crippen MR) is 75.9 cm³/mol. The lowest BCUT2D eigenvalue weighted by Crippen LogP contribution is -2.32. The van der Waals surface area contributed by atoms with Crippen molar-refractivity contribution in [2.24, 2.45) is 12.1 Å². The Morgan fingerprint density at radius 1 is 1.21 bits per heavy atom. The van der Waals surface area contributed by atoms with Crippen molar-refractivity contribution in [3.05, 3.63) is 65.5 Å². The van der Waals surface area contributed by atoms with Crippen molar-refractivity contribution in [3.8, 4) is 0 Å². The lowest BCUT2D eigenvalue weighted by Gasteiger charge is -2.10. The monoisotopic (exact) mass is 252 g/mol. The van der Waals surface area contributed by atoms with E-state index in [0.717, 1.165) is 18.5 Å². The number of nitrogens with zero attached hydrogens (tertiary/aromatic N) is 2. The van der Waals surface area contributed by atoms with Crippen molar-refractivity contribution in [3.63, 3.8) is 0 Å². The number of aryl methyl sites for hydroxylation is 2. The molecule has 1 unspecified atom stereocenters. The molecule has 19 heavy (non-hydrogen) atoms. The second-order valence-corrected chi connectivity index (χ2v) is 4.91. The molecule has 0 amide bonds. The molecule has 2 aromatic rings. The van der Waals surface area contributed by atoms with Crippen LogP contribution >= 0.6 is 0 Å². The summed E-state index contributed by atoms with van der Waals surface area (Å²) in [4.78, 5) is 0. The van der Waals surface area contributed by atoms with Gasteiger partial charge in [0.15, 0.2) is 6.20 Å². The second-order valence-electron chi connectivity index (χ2n) is 4.91. The molecule has 0 radical (unpaired) electrons. The Labute approximate surface area is 113 Å². The largest absolute Gasteiger partial charge is 0.302 e. The lowest BCUT2D eigenvalue weighted by molar-refractivity contribution is -0.672. The number of fused-ring (bicyclic) bond motifs is 1. The molecule has 1 aliphatic carbocycles. The van der Waals surface area contributed by atoms with Gasteiger partial charge in [-0.3, -0.25) is 0 Å². The van der Waals surface area contributed by atoms with Gasteiger partial charge in [0.25, 0.3) is 0 Å². The van der Waals surface area contributed by atoms with E-state index in [9.17, 15) is 0 Å². The van der Waals surface area contributed by atoms with Crippen LogP contribution in [0.3, 0.4) is 0 Å². The number of hydrogen-bond donors (Lipinski definition) is 1. The highest BCUT2D eigenvalue weighted by molar-refractivity contribution is 5.74. The summed E-state index contributed by atoms with van der Waals surface area (Å²) in [5, 5.41) is 4.39. The minimum atomic E-state index is 0.349. The molecule has 96 valence electrons. The molecule has 0 saturated carbocycles. The molecule has 3 nitrogen and oxygen atoms in total. The van der Waals surface area contributed by atoms with Crippen molar-refractivity contribution in [1.82, 2.24) is 5.43 Å². The second kappa shape index (κ2) is 5.22. The Balaban J connectivity index is 1.70. The van der Waals surface area contributed by atoms with Crippen molar-refractivity contribution >= 4 is 6.21 Å². The van der Waals surface area contributed by atoms with Gasteiger partial charge in [-0.25, -0.2) is 4.57 Å². The lowest BCUT2D eigenvalue weighted by atomic mass is 10.1. The van der Waals surface area contributed by atoms with Crippen molar-refractivity contribution in [2.75, 3.05) is 0 Å². The van der Waals surface area contributed by atoms with Crippen LogP contribution in [0, 0.1) is 0 Å². The maximum Gasteiger partial charge on any atom is 0.225 e. The smallest absolute Gasteiger partial charge is 0.225 e. The zero-order valence-electron chi connectivity index (χ0n) is 11.1. The van der Waals surface area contributed by atoms with Gasteiger partial charge < -0.3 is 5.43 Å². The molecular formula is C16H18N3+. The van der Waals surface area contributed by atoms with E-state index in [-0.39, 0.29) is 0 Å². The first-order chi connectivity index (χ1) is 9.34. The summed E-state index contributed by atoms with van der Waals surface area (Å²) < 4.78 is 2.05. The first kappa shape index (κ1) is 11.9. The van der Waals surface area contributed by atoms with Crippen molar-refractivity contribution in [1.29, 1.82) is 0 Å². The summed E-state index contributed by atoms with van der Waals surface area (Å²) in [5.41, 5.74) is 7.19. The number of pyridine rings is 1. The minimum absolute atomic E-state index is 0.349. The van der Waals surface area contributed by atoms with Crippen LogP contribution in [-0.2, 0) is 13.5 Å². The van der Waals surface area contributed by atoms with E-state index < -0.39 is 0 Å². The van der Waals surface area contributed by atoms with E-state index in [2.05, 4.69) is 34.8 Å². The Morgan fingerprint density at radius 3 is 2.95 bits per heavy atom. The van der Waals surface area contributed by atoms with Crippen molar-refractivity contribution < 1.29 is 4.57 Å². The van der Waals surface area contributed by atoms with E-state index >= 15 is 0 Å². The van der Waals surface area contributed by atoms with Gasteiger partial charge in [0.1, 0.15) is 13.3 Å². The Kier molecular flexibility index (Phi) is 3.27. The van der Waals surface area contributed by atoms with Gasteiger partial charge >= 0.3 is 0 Å². The highest BCUT2D eigenvalue weighted by Gasteiger charge is 2.20. The molecule has 1 atom stereocenters. The molecule has 0 saturated heterocycles. The van der Waals surface area contributed by atoms with Gasteiger partial charge in [0.05, 0.1) is 6.04 Å². The molecule has 0 aliphatic heterocycles. The Hall–Kier alpha value is -2.16. The van der Waals surface area contributed by atoms with E-state index in [1.807, 2.05) is 42.2 Å². The van der Waals surface area contributed by atoms with Gasteiger partial charge in [0, 0.05) is 12.1 Å². The molecule has 3 heteroatoms. The van der Waals surface area contributed by atoms with Gasteiger partial charge in [0.2, 0.25) is 5.69 Å². The molecule has 0 bridgehead atoms. The zero-order valence-corrected chi connectivity index (χ0v) is 11.1. The third-order valence-corrected chi connectivity index (χ3v) is 3.66. The highest BCUT2D eigenvalue weighted by atomic mass is 15.3. The van der Waals surface area contributed by atoms with Crippen LogP contribution in [0.1, 0.15) is 29.3 Å². The molecule has 1 aromatic heterocycles. The molecule has 1 aromatic carbocycles. The fraction of sp³-hybridized carbons (Fsp3) is 0.250. The number of rotatable bonds is 3. The van der Waals surface area contributed by atoms with E-state index in [0.29, 0.717) is 6.04 Å². The number of nitrogens with one attached hydrogen (secondary N) is 1. The number of benzene rings is 1. The van der Waals surface area contributed by atoms with Crippen LogP contribution in [0.2, 0.25) is 0 Å². The molecule has 3 rings (SSSR count). The summed E-state index contributed by atoms with van der Waals surface area (Å²) >= 11 is 0. The molecule has 1 aliphatic rings. The summed E-state index contributed by atoms with van der Waals surface area (Å²) in [6.45, 7) is 0. The first-order valence-corrected chi connectivity index (χ1v) is 6.65. The summed E-state index contributed by atoms with van der Waals surface area (Å²) in [6, 6.07) is 15.0. The molecule has 0 spiro atoms. The summed E-state index contributed by atoms with van der Waals surface area (Å²) in [5.74, 6) is 0. The first-order valence-electron chi connectivity index (χ1n) is 6.65. The highest BCUT2D eigenvalue weighted by Crippen LogP contribution is 2.30. The normalized spacial score (nSPS) is 17.6. The standard InChI is InChI=1S/C16H17N3/c1-19-11-5-4-7-14(19)12-17-18-16-10-9-13-6-2-3-8-15(13)16/h2-8,11-12,16H,9-10H2,1H3/p+1. The van der Waals surface area contributed by atoms with Crippen molar-refractivity contribution in [2.45, 2.75) is 18.9 Å². The SMILES string of the molecule is C[n+]1ccccc1C=NNC1CCc2ccccc21. The Morgan fingerprint density at radius 2 is 2.05 bits per heavy atom. The van der Waals surface area contributed by atoms with E-state index in [1.54, 1.807) is 0 Å². The maximum atomic E-state index is 4.39. The summed E-state index contributed by atoms with van der Waals surface area (Å²) in [6.07, 6.45) is 6.16. The molecule has 1 heterocycles. The van der Waals surface area contributed by atoms with Crippen LogP contribution < -0.4 is 9.99 Å². The molecular weight excluding hydrogens is 234 g/mol. The van der Waals surface area contributed by atoms with E-state index in [4.69, 9.17) is 0 Å². The number of hydrazone groups is 1. The van der Waals surface area contributed by atoms with E-state index in [1.165, 1.54) is 11.1 Å². The average molecular weight is 252 g/mol. The van der Waals surface area contributed by atoms with Crippen LogP contribution in [0.25, 0.3) is 0 Å². The third kappa shape index (κ3) is 2.50. The molecule has 0 fully saturated rings. The van der Waals surface area contributed by atoms with Crippen LogP contribution in [0.15, 0.2) is 53.8 Å². The van der Waals surface area contributed by atoms with Gasteiger partial charge in [-0.05, 0) is 30.0 Å². The number of aromatic nitrogens is 1. The van der Waals surface area contributed by atoms with Gasteiger partial charge in [-0.15, -0.1) is 0 Å². The summed E-state index contributed by atoms with van der Waals surface area (Å²) in [7, 11) is 2.02. The average Bonchev–Trinajstić information content (AvgIpc) is 2.85. The zero-order chi connectivity index (χ0) is 13.1. The van der Waals surface area contributed by atoms with Crippen LogP contribution in [0.4, 0.5) is 0 Å².